The smallest absolute Gasteiger partial charge is 0.356 e. The normalized spacial score (nSPS) is 23.0. The Morgan fingerprint density at radius 3 is 3.03 bits per heavy atom. The van der Waals surface area contributed by atoms with Crippen LogP contribution < -0.4 is 5.73 Å². The van der Waals surface area contributed by atoms with Gasteiger partial charge in [-0.1, -0.05) is 35.3 Å². The van der Waals surface area contributed by atoms with Crippen LogP contribution in [0.15, 0.2) is 30.9 Å². The van der Waals surface area contributed by atoms with Gasteiger partial charge >= 0.3 is 7.60 Å². The van der Waals surface area contributed by atoms with Gasteiger partial charge in [0.25, 0.3) is 0 Å². The highest BCUT2D eigenvalue weighted by Gasteiger charge is 2.36. The van der Waals surface area contributed by atoms with Crippen LogP contribution in [0.5, 0.6) is 0 Å². The number of hydrogen-bond donors (Lipinski definition) is 1. The largest absolute Gasteiger partial charge is 0.382 e. The van der Waals surface area contributed by atoms with Crippen molar-refractivity contribution >= 4 is 47.8 Å². The minimum Gasteiger partial charge on any atom is -0.382 e. The van der Waals surface area contributed by atoms with Crippen LogP contribution in [0.3, 0.4) is 0 Å². The Morgan fingerprint density at radius 2 is 2.20 bits per heavy atom. The van der Waals surface area contributed by atoms with E-state index in [4.69, 9.17) is 42.7 Å². The van der Waals surface area contributed by atoms with Crippen molar-refractivity contribution < 1.29 is 18.3 Å². The summed E-state index contributed by atoms with van der Waals surface area (Å²) in [4.78, 5) is 12.3. The molecule has 0 bridgehead atoms. The molecule has 2 aromatic heterocycles. The summed E-state index contributed by atoms with van der Waals surface area (Å²) in [6.07, 6.45) is 2.53. The molecule has 2 unspecified atom stereocenters. The van der Waals surface area contributed by atoms with Crippen LogP contribution in [-0.2, 0) is 24.9 Å². The number of anilines is 1. The summed E-state index contributed by atoms with van der Waals surface area (Å²) in [5.74, 6) is 0.312. The van der Waals surface area contributed by atoms with E-state index in [9.17, 15) is 4.57 Å². The maximum Gasteiger partial charge on any atom is 0.356 e. The van der Waals surface area contributed by atoms with Crippen LogP contribution >= 0.6 is 30.8 Å². The average Bonchev–Trinajstić information content (AvgIpc) is 3.13. The summed E-state index contributed by atoms with van der Waals surface area (Å²) in [6, 6.07) is 5.27. The molecule has 4 rings (SSSR count). The minimum absolute atomic E-state index is 0.188. The van der Waals surface area contributed by atoms with Crippen molar-refractivity contribution in [2.24, 2.45) is 0 Å². The van der Waals surface area contributed by atoms with Gasteiger partial charge in [-0.25, -0.2) is 15.0 Å². The van der Waals surface area contributed by atoms with E-state index in [0.717, 1.165) is 0 Å². The lowest BCUT2D eigenvalue weighted by atomic mass is 10.1. The maximum absolute atomic E-state index is 13.1. The molecule has 3 aromatic rings. The highest BCUT2D eigenvalue weighted by Crippen LogP contribution is 2.56. The summed E-state index contributed by atoms with van der Waals surface area (Å²) >= 11 is 12.4. The minimum atomic E-state index is -3.46. The zero-order valence-corrected chi connectivity index (χ0v) is 18.5. The number of nitrogens with zero attached hydrogens (tertiary/aromatic N) is 4. The number of imidazole rings is 1. The van der Waals surface area contributed by atoms with Crippen molar-refractivity contribution in [3.8, 4) is 0 Å². The Balaban J connectivity index is 1.40. The van der Waals surface area contributed by atoms with Crippen LogP contribution in [-0.4, -0.2) is 38.6 Å². The number of nitrogen functional groups attached to an aromatic ring is 1. The first-order valence-corrected chi connectivity index (χ1v) is 11.7. The fourth-order valence-corrected chi connectivity index (χ4v) is 5.26. The molecule has 3 heterocycles. The number of benzene rings is 1. The summed E-state index contributed by atoms with van der Waals surface area (Å²) < 4.78 is 31.9. The van der Waals surface area contributed by atoms with Crippen LogP contribution in [0.1, 0.15) is 25.0 Å². The molecule has 1 saturated heterocycles. The second kappa shape index (κ2) is 8.78. The van der Waals surface area contributed by atoms with Crippen LogP contribution in [0.4, 0.5) is 5.82 Å². The van der Waals surface area contributed by atoms with Crippen molar-refractivity contribution in [3.05, 3.63) is 46.5 Å². The number of rotatable bonds is 6. The molecule has 160 valence electrons. The Labute approximate surface area is 183 Å². The number of nitrogens with two attached hydrogens (primary N) is 1. The predicted molar refractivity (Wildman–Crippen MR) is 114 cm³/mol. The van der Waals surface area contributed by atoms with Gasteiger partial charge < -0.3 is 19.6 Å². The van der Waals surface area contributed by atoms with Gasteiger partial charge in [0.15, 0.2) is 11.5 Å². The van der Waals surface area contributed by atoms with E-state index in [1.54, 1.807) is 29.1 Å². The highest BCUT2D eigenvalue weighted by atomic mass is 35.5. The van der Waals surface area contributed by atoms with E-state index in [1.165, 1.54) is 6.33 Å². The number of ether oxygens (including phenoxy) is 1. The molecule has 9 nitrogen and oxygen atoms in total. The van der Waals surface area contributed by atoms with Gasteiger partial charge in [0.1, 0.15) is 18.2 Å². The molecule has 1 aliphatic rings. The van der Waals surface area contributed by atoms with Gasteiger partial charge in [-0.2, -0.15) is 0 Å². The molecule has 0 aliphatic carbocycles. The molecule has 12 heteroatoms. The first-order valence-electron chi connectivity index (χ1n) is 9.25. The monoisotopic (exact) mass is 471 g/mol. The van der Waals surface area contributed by atoms with Crippen LogP contribution in [0.25, 0.3) is 11.2 Å². The summed E-state index contributed by atoms with van der Waals surface area (Å²) in [5, 5.41) is 0.807. The maximum atomic E-state index is 13.1. The fourth-order valence-electron chi connectivity index (χ4n) is 3.21. The molecule has 1 aliphatic heterocycles. The molecule has 1 fully saturated rings. The van der Waals surface area contributed by atoms with Gasteiger partial charge in [0.2, 0.25) is 0 Å². The van der Waals surface area contributed by atoms with E-state index in [-0.39, 0.29) is 19.1 Å². The molecule has 0 saturated carbocycles. The highest BCUT2D eigenvalue weighted by molar-refractivity contribution is 7.53. The van der Waals surface area contributed by atoms with Gasteiger partial charge in [-0.05, 0) is 13.0 Å². The fraction of sp³-hybridized carbons (Fsp3) is 0.389. The molecule has 0 spiro atoms. The first kappa shape index (κ1) is 21.5. The molecule has 30 heavy (non-hydrogen) atoms. The van der Waals surface area contributed by atoms with Gasteiger partial charge in [-0.15, -0.1) is 0 Å². The van der Waals surface area contributed by atoms with Gasteiger partial charge in [0.05, 0.1) is 41.7 Å². The van der Waals surface area contributed by atoms with E-state index >= 15 is 0 Å². The van der Waals surface area contributed by atoms with E-state index in [1.807, 2.05) is 6.92 Å². The van der Waals surface area contributed by atoms with Crippen molar-refractivity contribution in [1.82, 2.24) is 19.5 Å². The van der Waals surface area contributed by atoms with Crippen molar-refractivity contribution in [2.75, 3.05) is 18.7 Å². The summed E-state index contributed by atoms with van der Waals surface area (Å²) in [5.41, 5.74) is 7.62. The molecule has 0 radical (unpaired) electrons. The molecular formula is C18H20Cl2N5O4P. The molecule has 0 amide bonds. The average molecular weight is 472 g/mol. The number of halogens is 2. The lowest BCUT2D eigenvalue weighted by Crippen LogP contribution is -2.21. The Hall–Kier alpha value is -1.74. The predicted octanol–water partition coefficient (Wildman–Crippen LogP) is 4.45. The molecule has 2 N–H and O–H groups in total. The Bertz CT molecular complexity index is 1110. The third-order valence-corrected chi connectivity index (χ3v) is 7.14. The third-order valence-electron chi connectivity index (χ3n) is 4.68. The standard InChI is InChI=1S/C18H20Cl2N5O4P/c1-11(7-25-9-24-16-17(21)22-8-23-18(16)25)27-10-30(26)28-6-5-14(29-30)12-3-2-4-13(19)15(12)20/h2-4,8-9,11,14H,5-7,10H2,1H3,(H2,21,22,23)/t11-,14?,30?/m1/s1. The zero-order valence-electron chi connectivity index (χ0n) is 16.1. The topological polar surface area (TPSA) is 114 Å². The SMILES string of the molecule is C[C@H](Cn1cnc2c(N)ncnc21)OCP1(=O)OCCC(c2cccc(Cl)c2Cl)O1. The Morgan fingerprint density at radius 1 is 1.37 bits per heavy atom. The summed E-state index contributed by atoms with van der Waals surface area (Å²) in [7, 11) is -3.46. The number of hydrogen-bond acceptors (Lipinski definition) is 8. The second-order valence-electron chi connectivity index (χ2n) is 6.90. The Kier molecular flexibility index (Phi) is 6.29. The van der Waals surface area contributed by atoms with Crippen molar-refractivity contribution in [1.29, 1.82) is 0 Å². The zero-order chi connectivity index (χ0) is 21.3. The van der Waals surface area contributed by atoms with E-state index in [2.05, 4.69) is 15.0 Å². The summed E-state index contributed by atoms with van der Waals surface area (Å²) in [6.45, 7) is 2.54. The van der Waals surface area contributed by atoms with E-state index in [0.29, 0.717) is 45.6 Å². The van der Waals surface area contributed by atoms with E-state index < -0.39 is 13.7 Å². The first-order chi connectivity index (χ1) is 14.4. The number of aromatic nitrogens is 4. The van der Waals surface area contributed by atoms with Crippen LogP contribution in [0, 0.1) is 0 Å². The van der Waals surface area contributed by atoms with Crippen molar-refractivity contribution in [2.45, 2.75) is 32.1 Å². The second-order valence-corrected chi connectivity index (χ2v) is 9.64. The van der Waals surface area contributed by atoms with Gasteiger partial charge in [-0.3, -0.25) is 9.09 Å². The lowest BCUT2D eigenvalue weighted by Gasteiger charge is -2.31. The molecular weight excluding hydrogens is 452 g/mol. The molecule has 1 aromatic carbocycles. The van der Waals surface area contributed by atoms with Crippen molar-refractivity contribution in [3.63, 3.8) is 0 Å². The van der Waals surface area contributed by atoms with Crippen LogP contribution in [0.2, 0.25) is 10.0 Å². The quantitative estimate of drug-likeness (QED) is 0.524. The third kappa shape index (κ3) is 4.46. The lowest BCUT2D eigenvalue weighted by molar-refractivity contribution is 0.0340. The molecule has 3 atom stereocenters. The number of fused-ring (bicyclic) bond motifs is 1. The van der Waals surface area contributed by atoms with Gasteiger partial charge in [0, 0.05) is 12.0 Å².